The Morgan fingerprint density at radius 3 is 2.68 bits per heavy atom. The summed E-state index contributed by atoms with van der Waals surface area (Å²) in [4.78, 5) is 4.21. The average Bonchev–Trinajstić information content (AvgIpc) is 3.34. The highest BCUT2D eigenvalue weighted by Crippen LogP contribution is 2.30. The standard InChI is InChI=1S/C14H19N3O4S/c18-16-14(10-4-7-21-8-5-10)13-9-11(3-6-15-13)17-22(19,20)12-1-2-12/h3,6,9-10,12,18H,1-2,4-5,7-8H2,(H,15,17)/b16-14-. The van der Waals surface area contributed by atoms with Gasteiger partial charge in [0.15, 0.2) is 0 Å². The number of oxime groups is 1. The minimum Gasteiger partial charge on any atom is -0.411 e. The van der Waals surface area contributed by atoms with Crippen molar-refractivity contribution < 1.29 is 18.4 Å². The average molecular weight is 325 g/mol. The zero-order chi connectivity index (χ0) is 15.6. The van der Waals surface area contributed by atoms with Crippen molar-refractivity contribution in [2.45, 2.75) is 30.9 Å². The van der Waals surface area contributed by atoms with Crippen molar-refractivity contribution >= 4 is 21.4 Å². The van der Waals surface area contributed by atoms with E-state index < -0.39 is 10.0 Å². The van der Waals surface area contributed by atoms with E-state index in [0.717, 1.165) is 12.8 Å². The number of ether oxygens (including phenoxy) is 1. The summed E-state index contributed by atoms with van der Waals surface area (Å²) in [5, 5.41) is 12.4. The fraction of sp³-hybridized carbons (Fsp3) is 0.571. The molecule has 0 unspecified atom stereocenters. The van der Waals surface area contributed by atoms with Gasteiger partial charge in [0.2, 0.25) is 10.0 Å². The molecule has 0 bridgehead atoms. The van der Waals surface area contributed by atoms with Crippen LogP contribution in [0, 0.1) is 5.92 Å². The van der Waals surface area contributed by atoms with Crippen molar-refractivity contribution in [1.82, 2.24) is 4.98 Å². The van der Waals surface area contributed by atoms with Crippen LogP contribution in [0.2, 0.25) is 0 Å². The van der Waals surface area contributed by atoms with E-state index >= 15 is 0 Å². The van der Waals surface area contributed by atoms with Crippen LogP contribution in [0.15, 0.2) is 23.5 Å². The highest BCUT2D eigenvalue weighted by atomic mass is 32.2. The minimum atomic E-state index is -3.31. The molecule has 2 fully saturated rings. The second-order valence-electron chi connectivity index (χ2n) is 5.65. The van der Waals surface area contributed by atoms with Gasteiger partial charge in [0.25, 0.3) is 0 Å². The number of sulfonamides is 1. The van der Waals surface area contributed by atoms with E-state index in [1.807, 2.05) is 0 Å². The summed E-state index contributed by atoms with van der Waals surface area (Å²) in [6, 6.07) is 3.22. The predicted octanol–water partition coefficient (Wildman–Crippen LogP) is 1.59. The number of rotatable bonds is 5. The summed E-state index contributed by atoms with van der Waals surface area (Å²) in [7, 11) is -3.31. The summed E-state index contributed by atoms with van der Waals surface area (Å²) < 4.78 is 31.9. The Balaban J connectivity index is 1.80. The molecule has 1 saturated heterocycles. The lowest BCUT2D eigenvalue weighted by Crippen LogP contribution is -2.25. The number of nitrogens with one attached hydrogen (secondary N) is 1. The molecule has 0 aromatic carbocycles. The molecule has 0 atom stereocenters. The van der Waals surface area contributed by atoms with Crippen LogP contribution in [0.3, 0.4) is 0 Å². The monoisotopic (exact) mass is 325 g/mol. The first-order valence-electron chi connectivity index (χ1n) is 7.38. The minimum absolute atomic E-state index is 0.0709. The van der Waals surface area contributed by atoms with Gasteiger partial charge >= 0.3 is 0 Å². The zero-order valence-corrected chi connectivity index (χ0v) is 12.9. The summed E-state index contributed by atoms with van der Waals surface area (Å²) in [6.45, 7) is 1.25. The molecule has 22 heavy (non-hydrogen) atoms. The first kappa shape index (κ1) is 15.2. The summed E-state index contributed by atoms with van der Waals surface area (Å²) >= 11 is 0. The fourth-order valence-electron chi connectivity index (χ4n) is 2.57. The topological polar surface area (TPSA) is 101 Å². The molecule has 0 amide bonds. The Morgan fingerprint density at radius 1 is 1.32 bits per heavy atom. The van der Waals surface area contributed by atoms with E-state index in [1.54, 1.807) is 12.1 Å². The number of hydrogen-bond donors (Lipinski definition) is 2. The van der Waals surface area contributed by atoms with E-state index in [0.29, 0.717) is 43.1 Å². The van der Waals surface area contributed by atoms with Gasteiger partial charge in [-0.1, -0.05) is 5.16 Å². The molecule has 1 saturated carbocycles. The molecule has 1 aliphatic carbocycles. The second-order valence-corrected chi connectivity index (χ2v) is 7.61. The van der Waals surface area contributed by atoms with Gasteiger partial charge in [-0.15, -0.1) is 0 Å². The maximum absolute atomic E-state index is 12.0. The van der Waals surface area contributed by atoms with Crippen molar-refractivity contribution in [3.8, 4) is 0 Å². The van der Waals surface area contributed by atoms with Crippen molar-refractivity contribution in [2.24, 2.45) is 11.1 Å². The highest BCUT2D eigenvalue weighted by Gasteiger charge is 2.35. The first-order valence-corrected chi connectivity index (χ1v) is 8.92. The van der Waals surface area contributed by atoms with Crippen LogP contribution >= 0.6 is 0 Å². The third kappa shape index (κ3) is 3.38. The lowest BCUT2D eigenvalue weighted by atomic mass is 9.92. The molecule has 2 heterocycles. The van der Waals surface area contributed by atoms with Crippen LogP contribution in [0.4, 0.5) is 5.69 Å². The lowest BCUT2D eigenvalue weighted by molar-refractivity contribution is 0.0821. The first-order chi connectivity index (χ1) is 10.6. The molecule has 0 spiro atoms. The third-order valence-electron chi connectivity index (χ3n) is 3.96. The number of hydrogen-bond acceptors (Lipinski definition) is 6. The Morgan fingerprint density at radius 2 is 2.05 bits per heavy atom. The van der Waals surface area contributed by atoms with E-state index in [-0.39, 0.29) is 11.2 Å². The second kappa shape index (κ2) is 6.21. The third-order valence-corrected chi connectivity index (χ3v) is 5.83. The molecule has 7 nitrogen and oxygen atoms in total. The molecular formula is C14H19N3O4S. The number of pyridine rings is 1. The van der Waals surface area contributed by atoms with Crippen LogP contribution in [0.25, 0.3) is 0 Å². The zero-order valence-electron chi connectivity index (χ0n) is 12.1. The van der Waals surface area contributed by atoms with Crippen LogP contribution in [-0.2, 0) is 14.8 Å². The van der Waals surface area contributed by atoms with E-state index in [1.165, 1.54) is 6.20 Å². The molecule has 120 valence electrons. The molecule has 8 heteroatoms. The summed E-state index contributed by atoms with van der Waals surface area (Å²) in [5.41, 5.74) is 1.42. The van der Waals surface area contributed by atoms with Gasteiger partial charge in [-0.05, 0) is 37.8 Å². The van der Waals surface area contributed by atoms with E-state index in [2.05, 4.69) is 14.9 Å². The van der Waals surface area contributed by atoms with Gasteiger partial charge < -0.3 is 9.94 Å². The molecule has 2 N–H and O–H groups in total. The van der Waals surface area contributed by atoms with Crippen LogP contribution in [0.1, 0.15) is 31.4 Å². The maximum atomic E-state index is 12.0. The van der Waals surface area contributed by atoms with Crippen LogP contribution in [-0.4, -0.2) is 42.8 Å². The smallest absolute Gasteiger partial charge is 0.235 e. The SMILES string of the molecule is O=S(=O)(Nc1ccnc(/C(=N\O)C2CCOCC2)c1)C1CC1. The fourth-order valence-corrected chi connectivity index (χ4v) is 3.95. The summed E-state index contributed by atoms with van der Waals surface area (Å²) in [5.74, 6) is 0.0709. The molecule has 1 aromatic heterocycles. The molecular weight excluding hydrogens is 306 g/mol. The van der Waals surface area contributed by atoms with Gasteiger partial charge in [0.1, 0.15) is 5.71 Å². The van der Waals surface area contributed by atoms with Gasteiger partial charge in [-0.2, -0.15) is 0 Å². The van der Waals surface area contributed by atoms with Crippen molar-refractivity contribution in [2.75, 3.05) is 17.9 Å². The van der Waals surface area contributed by atoms with Gasteiger partial charge in [0.05, 0.1) is 16.6 Å². The Labute approximate surface area is 129 Å². The molecule has 1 aliphatic heterocycles. The highest BCUT2D eigenvalue weighted by molar-refractivity contribution is 7.93. The normalized spacial score (nSPS) is 20.8. The summed E-state index contributed by atoms with van der Waals surface area (Å²) in [6.07, 6.45) is 4.46. The van der Waals surface area contributed by atoms with E-state index in [4.69, 9.17) is 4.74 Å². The maximum Gasteiger partial charge on any atom is 0.235 e. The quantitative estimate of drug-likeness (QED) is 0.486. The Hall–Kier alpha value is -1.67. The predicted molar refractivity (Wildman–Crippen MR) is 81.7 cm³/mol. The van der Waals surface area contributed by atoms with Gasteiger partial charge in [-0.25, -0.2) is 8.42 Å². The molecule has 1 aromatic rings. The van der Waals surface area contributed by atoms with Gasteiger partial charge in [0, 0.05) is 25.3 Å². The molecule has 0 radical (unpaired) electrons. The molecule has 2 aliphatic rings. The largest absolute Gasteiger partial charge is 0.411 e. The van der Waals surface area contributed by atoms with Gasteiger partial charge in [-0.3, -0.25) is 9.71 Å². The lowest BCUT2D eigenvalue weighted by Gasteiger charge is -2.22. The number of anilines is 1. The van der Waals surface area contributed by atoms with Crippen molar-refractivity contribution in [1.29, 1.82) is 0 Å². The van der Waals surface area contributed by atoms with E-state index in [9.17, 15) is 13.6 Å². The number of nitrogens with zero attached hydrogens (tertiary/aromatic N) is 2. The molecule has 3 rings (SSSR count). The number of aromatic nitrogens is 1. The van der Waals surface area contributed by atoms with Crippen molar-refractivity contribution in [3.05, 3.63) is 24.0 Å². The Bertz CT molecular complexity index is 664. The Kier molecular flexibility index (Phi) is 4.30. The van der Waals surface area contributed by atoms with Crippen molar-refractivity contribution in [3.63, 3.8) is 0 Å². The van der Waals surface area contributed by atoms with Crippen LogP contribution in [0.5, 0.6) is 0 Å². The van der Waals surface area contributed by atoms with Crippen LogP contribution < -0.4 is 4.72 Å².